The Hall–Kier alpha value is -1.76. The number of carboxylic acids is 1. The van der Waals surface area contributed by atoms with Crippen LogP contribution in [0.2, 0.25) is 0 Å². The van der Waals surface area contributed by atoms with E-state index < -0.39 is 17.7 Å². The molecule has 1 amide bonds. The molecule has 1 aliphatic heterocycles. The molecule has 7 nitrogen and oxygen atoms in total. The fourth-order valence-corrected chi connectivity index (χ4v) is 3.24. The number of halogens is 1. The third-order valence-corrected chi connectivity index (χ3v) is 4.33. The minimum atomic E-state index is -1.14. The van der Waals surface area contributed by atoms with Gasteiger partial charge in [-0.05, 0) is 49.8 Å². The standard InChI is InChI=1S/C15H18IN3O4/c1-15(2,3)23-14(22)18-5-4-9(7-18)19-8-11(16)10(6-17)12(19)13(20)21/h8-9H,4-5,7H2,1-3H3,(H,20,21). The van der Waals surface area contributed by atoms with E-state index in [-0.39, 0.29) is 17.3 Å². The van der Waals surface area contributed by atoms with Crippen LogP contribution in [0.25, 0.3) is 0 Å². The second kappa shape index (κ2) is 6.39. The number of carboxylic acid groups (broad SMARTS) is 1. The van der Waals surface area contributed by atoms with Crippen LogP contribution in [0.15, 0.2) is 6.20 Å². The number of hydrogen-bond donors (Lipinski definition) is 1. The molecule has 1 aromatic rings. The molecule has 0 spiro atoms. The molecule has 2 heterocycles. The number of hydrogen-bond acceptors (Lipinski definition) is 4. The molecule has 1 N–H and O–H groups in total. The first-order valence-electron chi connectivity index (χ1n) is 7.15. The van der Waals surface area contributed by atoms with Crippen molar-refractivity contribution in [3.63, 3.8) is 0 Å². The second-order valence-electron chi connectivity index (χ2n) is 6.39. The summed E-state index contributed by atoms with van der Waals surface area (Å²) in [6.45, 7) is 6.26. The molecule has 0 bridgehead atoms. The van der Waals surface area contributed by atoms with Gasteiger partial charge in [0.15, 0.2) is 0 Å². The number of rotatable bonds is 2. The van der Waals surface area contributed by atoms with E-state index in [2.05, 4.69) is 0 Å². The predicted octanol–water partition coefficient (Wildman–Crippen LogP) is 2.84. The van der Waals surface area contributed by atoms with Crippen LogP contribution in [0.4, 0.5) is 4.79 Å². The Labute approximate surface area is 148 Å². The van der Waals surface area contributed by atoms with Crippen molar-refractivity contribution in [3.05, 3.63) is 21.0 Å². The maximum absolute atomic E-state index is 12.1. The lowest BCUT2D eigenvalue weighted by atomic mass is 10.2. The van der Waals surface area contributed by atoms with E-state index in [1.54, 1.807) is 36.4 Å². The fraction of sp³-hybridized carbons (Fsp3) is 0.533. The summed E-state index contributed by atoms with van der Waals surface area (Å²) >= 11 is 1.95. The molecule has 1 fully saturated rings. The summed E-state index contributed by atoms with van der Waals surface area (Å²) in [6.07, 6.45) is 1.88. The Morgan fingerprint density at radius 1 is 1.48 bits per heavy atom. The van der Waals surface area contributed by atoms with Crippen molar-refractivity contribution >= 4 is 34.7 Å². The van der Waals surface area contributed by atoms with E-state index in [0.717, 1.165) is 0 Å². The molecule has 2 rings (SSSR count). The van der Waals surface area contributed by atoms with Gasteiger partial charge in [0.25, 0.3) is 0 Å². The zero-order valence-electron chi connectivity index (χ0n) is 13.2. The number of aromatic carboxylic acids is 1. The lowest BCUT2D eigenvalue weighted by Gasteiger charge is -2.24. The Balaban J connectivity index is 2.22. The normalized spacial score (nSPS) is 17.9. The van der Waals surface area contributed by atoms with Crippen LogP contribution in [-0.4, -0.2) is 45.3 Å². The van der Waals surface area contributed by atoms with E-state index in [4.69, 9.17) is 10.00 Å². The molecule has 0 aromatic carbocycles. The van der Waals surface area contributed by atoms with Crippen LogP contribution in [0, 0.1) is 14.9 Å². The number of carbonyl (C=O) groups is 2. The van der Waals surface area contributed by atoms with Gasteiger partial charge in [-0.2, -0.15) is 5.26 Å². The molecule has 0 aliphatic carbocycles. The van der Waals surface area contributed by atoms with Crippen LogP contribution in [-0.2, 0) is 4.74 Å². The molecule has 8 heteroatoms. The summed E-state index contributed by atoms with van der Waals surface area (Å²) in [5, 5.41) is 18.6. The maximum Gasteiger partial charge on any atom is 0.410 e. The number of aromatic nitrogens is 1. The first kappa shape index (κ1) is 17.6. The number of likely N-dealkylation sites (tertiary alicyclic amines) is 1. The van der Waals surface area contributed by atoms with Gasteiger partial charge >= 0.3 is 12.1 Å². The summed E-state index contributed by atoms with van der Waals surface area (Å²) in [5.74, 6) is -1.14. The Bertz CT molecular complexity index is 684. The molecule has 0 radical (unpaired) electrons. The topological polar surface area (TPSA) is 95.6 Å². The highest BCUT2D eigenvalue weighted by atomic mass is 127. The Morgan fingerprint density at radius 2 is 2.13 bits per heavy atom. The molecular weight excluding hydrogens is 413 g/mol. The third kappa shape index (κ3) is 3.77. The number of amides is 1. The van der Waals surface area contributed by atoms with Gasteiger partial charge in [0.05, 0.1) is 11.6 Å². The van der Waals surface area contributed by atoms with Crippen LogP contribution < -0.4 is 0 Å². The van der Waals surface area contributed by atoms with E-state index in [1.165, 1.54) is 0 Å². The lowest BCUT2D eigenvalue weighted by molar-refractivity contribution is 0.0289. The summed E-state index contributed by atoms with van der Waals surface area (Å²) in [5.41, 5.74) is -0.431. The Kier molecular flexibility index (Phi) is 4.89. The Morgan fingerprint density at radius 3 is 2.65 bits per heavy atom. The quantitative estimate of drug-likeness (QED) is 0.727. The average molecular weight is 431 g/mol. The molecule has 1 unspecified atom stereocenters. The number of carbonyl (C=O) groups excluding carboxylic acids is 1. The number of nitrogens with zero attached hydrogens (tertiary/aromatic N) is 3. The van der Waals surface area contributed by atoms with Crippen molar-refractivity contribution in [1.82, 2.24) is 9.47 Å². The highest BCUT2D eigenvalue weighted by Crippen LogP contribution is 2.29. The summed E-state index contributed by atoms with van der Waals surface area (Å²) in [6, 6.07) is 1.76. The third-order valence-electron chi connectivity index (χ3n) is 3.51. The van der Waals surface area contributed by atoms with E-state index in [9.17, 15) is 14.7 Å². The molecule has 1 atom stereocenters. The van der Waals surface area contributed by atoms with Gasteiger partial charge in [0.1, 0.15) is 17.4 Å². The van der Waals surface area contributed by atoms with Gasteiger partial charge in [-0.25, -0.2) is 9.59 Å². The number of nitriles is 1. The smallest absolute Gasteiger partial charge is 0.410 e. The van der Waals surface area contributed by atoms with Gasteiger partial charge in [-0.15, -0.1) is 0 Å². The molecule has 23 heavy (non-hydrogen) atoms. The van der Waals surface area contributed by atoms with Crippen molar-refractivity contribution in [3.8, 4) is 6.07 Å². The van der Waals surface area contributed by atoms with Gasteiger partial charge in [-0.3, -0.25) is 0 Å². The van der Waals surface area contributed by atoms with Crippen molar-refractivity contribution < 1.29 is 19.4 Å². The molecular formula is C15H18IN3O4. The minimum Gasteiger partial charge on any atom is -0.477 e. The predicted molar refractivity (Wildman–Crippen MR) is 90.3 cm³/mol. The summed E-state index contributed by atoms with van der Waals surface area (Å²) in [7, 11) is 0. The largest absolute Gasteiger partial charge is 0.477 e. The van der Waals surface area contributed by atoms with Crippen LogP contribution in [0.3, 0.4) is 0 Å². The highest BCUT2D eigenvalue weighted by molar-refractivity contribution is 14.1. The van der Waals surface area contributed by atoms with Crippen molar-refractivity contribution in [2.75, 3.05) is 13.1 Å². The molecule has 1 saturated heterocycles. The minimum absolute atomic E-state index is 0.0204. The van der Waals surface area contributed by atoms with Crippen LogP contribution >= 0.6 is 22.6 Å². The summed E-state index contributed by atoms with van der Waals surface area (Å²) < 4.78 is 7.53. The van der Waals surface area contributed by atoms with Crippen molar-refractivity contribution in [2.24, 2.45) is 0 Å². The molecule has 1 aliphatic rings. The lowest BCUT2D eigenvalue weighted by Crippen LogP contribution is -2.35. The second-order valence-corrected chi connectivity index (χ2v) is 7.56. The zero-order valence-corrected chi connectivity index (χ0v) is 15.3. The number of ether oxygens (including phenoxy) is 1. The van der Waals surface area contributed by atoms with Crippen molar-refractivity contribution in [1.29, 1.82) is 5.26 Å². The summed E-state index contributed by atoms with van der Waals surface area (Å²) in [4.78, 5) is 25.2. The van der Waals surface area contributed by atoms with Gasteiger partial charge in [0, 0.05) is 22.9 Å². The van der Waals surface area contributed by atoms with E-state index in [0.29, 0.717) is 23.1 Å². The monoisotopic (exact) mass is 431 g/mol. The van der Waals surface area contributed by atoms with Crippen LogP contribution in [0.5, 0.6) is 0 Å². The first-order chi connectivity index (χ1) is 10.6. The van der Waals surface area contributed by atoms with Crippen molar-refractivity contribution in [2.45, 2.75) is 38.8 Å². The van der Waals surface area contributed by atoms with Gasteiger partial charge in [-0.1, -0.05) is 0 Å². The fourth-order valence-electron chi connectivity index (χ4n) is 2.57. The molecule has 1 aromatic heterocycles. The zero-order chi connectivity index (χ0) is 17.4. The van der Waals surface area contributed by atoms with E-state index in [1.807, 2.05) is 28.7 Å². The van der Waals surface area contributed by atoms with Gasteiger partial charge in [0.2, 0.25) is 0 Å². The molecule has 124 valence electrons. The first-order valence-corrected chi connectivity index (χ1v) is 8.23. The van der Waals surface area contributed by atoms with E-state index >= 15 is 0 Å². The molecule has 0 saturated carbocycles. The average Bonchev–Trinajstić information content (AvgIpc) is 3.00. The maximum atomic E-state index is 12.1. The highest BCUT2D eigenvalue weighted by Gasteiger charge is 2.33. The van der Waals surface area contributed by atoms with Crippen LogP contribution in [0.1, 0.15) is 49.3 Å². The van der Waals surface area contributed by atoms with Gasteiger partial charge < -0.3 is 19.3 Å². The SMILES string of the molecule is CC(C)(C)OC(=O)N1CCC(n2cc(I)c(C#N)c2C(=O)O)C1.